The number of anilines is 1. The summed E-state index contributed by atoms with van der Waals surface area (Å²) < 4.78 is 13.1. The minimum absolute atomic E-state index is 0.0171. The van der Waals surface area contributed by atoms with Crippen LogP contribution in [-0.2, 0) is 16.0 Å². The van der Waals surface area contributed by atoms with Crippen LogP contribution in [0.1, 0.15) is 18.1 Å². The van der Waals surface area contributed by atoms with E-state index in [4.69, 9.17) is 11.6 Å². The van der Waals surface area contributed by atoms with E-state index < -0.39 is 11.7 Å². The van der Waals surface area contributed by atoms with E-state index in [1.165, 1.54) is 30.4 Å². The smallest absolute Gasteiger partial charge is 0.244 e. The summed E-state index contributed by atoms with van der Waals surface area (Å²) in [5, 5.41) is 5.24. The molecule has 0 aliphatic carbocycles. The fourth-order valence-electron chi connectivity index (χ4n) is 2.16. The Labute approximate surface area is 150 Å². The molecule has 0 heterocycles. The van der Waals surface area contributed by atoms with Crippen molar-refractivity contribution in [1.29, 1.82) is 0 Å². The van der Waals surface area contributed by atoms with Crippen LogP contribution in [0.3, 0.4) is 0 Å². The van der Waals surface area contributed by atoms with Crippen LogP contribution in [0.25, 0.3) is 6.08 Å². The molecule has 0 aliphatic heterocycles. The number of para-hydroxylation sites is 1. The minimum atomic E-state index is -0.521. The van der Waals surface area contributed by atoms with Gasteiger partial charge in [-0.05, 0) is 41.8 Å². The van der Waals surface area contributed by atoms with E-state index >= 15 is 0 Å². The third kappa shape index (κ3) is 5.72. The molecule has 2 amide bonds. The second-order valence-electron chi connectivity index (χ2n) is 5.28. The quantitative estimate of drug-likeness (QED) is 0.769. The van der Waals surface area contributed by atoms with Gasteiger partial charge >= 0.3 is 0 Å². The molecule has 130 valence electrons. The van der Waals surface area contributed by atoms with Crippen molar-refractivity contribution in [2.75, 3.05) is 11.9 Å². The lowest BCUT2D eigenvalue weighted by molar-refractivity contribution is -0.121. The Morgan fingerprint density at radius 2 is 1.96 bits per heavy atom. The summed E-state index contributed by atoms with van der Waals surface area (Å²) in [7, 11) is 0. The number of benzene rings is 2. The molecule has 6 heteroatoms. The number of rotatable bonds is 6. The van der Waals surface area contributed by atoms with Gasteiger partial charge in [0.05, 0.1) is 11.6 Å². The maximum Gasteiger partial charge on any atom is 0.244 e. The van der Waals surface area contributed by atoms with Crippen molar-refractivity contribution in [2.45, 2.75) is 13.3 Å². The number of aryl methyl sites for hydroxylation is 1. The van der Waals surface area contributed by atoms with E-state index in [0.717, 1.165) is 17.7 Å². The number of carbonyl (C=O) groups excluding carboxylic acids is 2. The minimum Gasteiger partial charge on any atom is -0.343 e. The molecule has 2 N–H and O–H groups in total. The Morgan fingerprint density at radius 3 is 2.68 bits per heavy atom. The van der Waals surface area contributed by atoms with Crippen molar-refractivity contribution >= 4 is 35.2 Å². The molecule has 2 aromatic rings. The van der Waals surface area contributed by atoms with Gasteiger partial charge in [-0.2, -0.15) is 0 Å². The molecule has 0 aromatic heterocycles. The lowest BCUT2D eigenvalue weighted by Gasteiger charge is -2.09. The average molecular weight is 361 g/mol. The largest absolute Gasteiger partial charge is 0.343 e. The fourth-order valence-corrected chi connectivity index (χ4v) is 2.35. The highest BCUT2D eigenvalue weighted by atomic mass is 35.5. The standard InChI is InChI=1S/C19H18ClFN2O2/c1-2-14-5-3-4-6-17(14)23-19(25)12-22-18(24)10-8-13-7-9-16(21)15(20)11-13/h3-11H,2,12H2,1H3,(H,22,24)(H,23,25)/b10-8+. The number of nitrogens with one attached hydrogen (secondary N) is 2. The first-order chi connectivity index (χ1) is 12.0. The van der Waals surface area contributed by atoms with Crippen LogP contribution >= 0.6 is 11.6 Å². The van der Waals surface area contributed by atoms with Crippen molar-refractivity contribution in [3.8, 4) is 0 Å². The Balaban J connectivity index is 1.85. The van der Waals surface area contributed by atoms with E-state index in [2.05, 4.69) is 10.6 Å². The molecule has 4 nitrogen and oxygen atoms in total. The molecule has 0 unspecified atom stereocenters. The molecule has 0 saturated carbocycles. The molecule has 0 bridgehead atoms. The highest BCUT2D eigenvalue weighted by Gasteiger charge is 2.06. The van der Waals surface area contributed by atoms with Crippen LogP contribution in [0.2, 0.25) is 5.02 Å². The van der Waals surface area contributed by atoms with Crippen molar-refractivity contribution in [1.82, 2.24) is 5.32 Å². The van der Waals surface area contributed by atoms with E-state index in [1.54, 1.807) is 0 Å². The Hall–Kier alpha value is -2.66. The molecular formula is C19H18ClFN2O2. The zero-order valence-corrected chi connectivity index (χ0v) is 14.4. The Kier molecular flexibility index (Phi) is 6.71. The fraction of sp³-hybridized carbons (Fsp3) is 0.158. The van der Waals surface area contributed by atoms with Crippen LogP contribution < -0.4 is 10.6 Å². The van der Waals surface area contributed by atoms with Gasteiger partial charge in [-0.25, -0.2) is 4.39 Å². The third-order valence-corrected chi connectivity index (χ3v) is 3.76. The van der Waals surface area contributed by atoms with Gasteiger partial charge in [0.2, 0.25) is 11.8 Å². The van der Waals surface area contributed by atoms with E-state index in [1.807, 2.05) is 31.2 Å². The molecule has 2 rings (SSSR count). The second kappa shape index (κ2) is 8.99. The summed E-state index contributed by atoms with van der Waals surface area (Å²) in [6.07, 6.45) is 3.55. The van der Waals surface area contributed by atoms with E-state index in [9.17, 15) is 14.0 Å². The van der Waals surface area contributed by atoms with Crippen LogP contribution in [0.15, 0.2) is 48.5 Å². The van der Waals surface area contributed by atoms with Gasteiger partial charge in [0.15, 0.2) is 0 Å². The second-order valence-corrected chi connectivity index (χ2v) is 5.69. The molecule has 0 saturated heterocycles. The number of halogens is 2. The first-order valence-corrected chi connectivity index (χ1v) is 8.16. The van der Waals surface area contributed by atoms with Crippen molar-refractivity contribution in [3.05, 3.63) is 70.5 Å². The Bertz CT molecular complexity index is 806. The van der Waals surface area contributed by atoms with Gasteiger partial charge in [-0.15, -0.1) is 0 Å². The lowest BCUT2D eigenvalue weighted by atomic mass is 10.1. The van der Waals surface area contributed by atoms with Crippen LogP contribution in [0.4, 0.5) is 10.1 Å². The summed E-state index contributed by atoms with van der Waals surface area (Å²) in [6.45, 7) is 1.85. The molecule has 0 aliphatic rings. The molecular weight excluding hydrogens is 343 g/mol. The van der Waals surface area contributed by atoms with Gasteiger partial charge < -0.3 is 10.6 Å². The summed E-state index contributed by atoms with van der Waals surface area (Å²) >= 11 is 5.67. The molecule has 2 aromatic carbocycles. The van der Waals surface area contributed by atoms with Crippen molar-refractivity contribution in [3.63, 3.8) is 0 Å². The average Bonchev–Trinajstić information content (AvgIpc) is 2.61. The van der Waals surface area contributed by atoms with Gasteiger partial charge in [0, 0.05) is 11.8 Å². The van der Waals surface area contributed by atoms with Gasteiger partial charge in [-0.1, -0.05) is 42.8 Å². The predicted molar refractivity (Wildman–Crippen MR) is 97.9 cm³/mol. The van der Waals surface area contributed by atoms with Gasteiger partial charge in [0.25, 0.3) is 0 Å². The molecule has 0 atom stereocenters. The summed E-state index contributed by atoms with van der Waals surface area (Å²) in [5.41, 5.74) is 2.35. The topological polar surface area (TPSA) is 58.2 Å². The SMILES string of the molecule is CCc1ccccc1NC(=O)CNC(=O)/C=C/c1ccc(F)c(Cl)c1. The third-order valence-electron chi connectivity index (χ3n) is 3.47. The monoisotopic (exact) mass is 360 g/mol. The summed E-state index contributed by atoms with van der Waals surface area (Å²) in [5.74, 6) is -1.26. The number of hydrogen-bond donors (Lipinski definition) is 2. The summed E-state index contributed by atoms with van der Waals surface area (Å²) in [6, 6.07) is 11.6. The highest BCUT2D eigenvalue weighted by molar-refractivity contribution is 6.30. The first kappa shape index (κ1) is 18.7. The first-order valence-electron chi connectivity index (χ1n) is 7.78. The molecule has 25 heavy (non-hydrogen) atoms. The van der Waals surface area contributed by atoms with E-state index in [-0.39, 0.29) is 17.5 Å². The molecule has 0 fully saturated rings. The van der Waals surface area contributed by atoms with Gasteiger partial charge in [0.1, 0.15) is 5.82 Å². The van der Waals surface area contributed by atoms with Crippen molar-refractivity contribution < 1.29 is 14.0 Å². The summed E-state index contributed by atoms with van der Waals surface area (Å²) in [4.78, 5) is 23.7. The Morgan fingerprint density at radius 1 is 1.20 bits per heavy atom. The predicted octanol–water partition coefficient (Wildman–Crippen LogP) is 3.81. The lowest BCUT2D eigenvalue weighted by Crippen LogP contribution is -2.31. The zero-order chi connectivity index (χ0) is 18.2. The number of amides is 2. The molecule has 0 radical (unpaired) electrons. The molecule has 0 spiro atoms. The highest BCUT2D eigenvalue weighted by Crippen LogP contribution is 2.17. The van der Waals surface area contributed by atoms with Gasteiger partial charge in [-0.3, -0.25) is 9.59 Å². The van der Waals surface area contributed by atoms with Crippen LogP contribution in [0.5, 0.6) is 0 Å². The maximum absolute atomic E-state index is 13.1. The zero-order valence-electron chi connectivity index (χ0n) is 13.7. The van der Waals surface area contributed by atoms with Crippen molar-refractivity contribution in [2.24, 2.45) is 0 Å². The normalized spacial score (nSPS) is 10.7. The van der Waals surface area contributed by atoms with E-state index in [0.29, 0.717) is 5.56 Å². The number of hydrogen-bond acceptors (Lipinski definition) is 2. The van der Waals surface area contributed by atoms with Crippen LogP contribution in [-0.4, -0.2) is 18.4 Å². The van der Waals surface area contributed by atoms with Crippen LogP contribution in [0, 0.1) is 5.82 Å². The maximum atomic E-state index is 13.1. The number of carbonyl (C=O) groups is 2.